The number of anilines is 1. The van der Waals surface area contributed by atoms with E-state index in [-0.39, 0.29) is 24.8 Å². The summed E-state index contributed by atoms with van der Waals surface area (Å²) in [6, 6.07) is 4.48. The molecule has 2 amide bonds. The Kier molecular flexibility index (Phi) is 5.87. The molecule has 0 bridgehead atoms. The number of carbonyl (C=O) groups excluding carboxylic acids is 3. The number of nitrogens with one attached hydrogen (secondary N) is 2. The molecule has 26 heavy (non-hydrogen) atoms. The summed E-state index contributed by atoms with van der Waals surface area (Å²) < 4.78 is 15.8. The zero-order valence-electron chi connectivity index (χ0n) is 14.3. The number of fused-ring (bicyclic) bond motifs is 1. The Balaban J connectivity index is 1.52. The van der Waals surface area contributed by atoms with Crippen LogP contribution in [0.1, 0.15) is 13.3 Å². The lowest BCUT2D eigenvalue weighted by Gasteiger charge is -2.27. The van der Waals surface area contributed by atoms with Crippen LogP contribution >= 0.6 is 11.8 Å². The maximum atomic E-state index is 12.2. The van der Waals surface area contributed by atoms with Crippen LogP contribution in [0.15, 0.2) is 18.2 Å². The van der Waals surface area contributed by atoms with Gasteiger partial charge in [0.2, 0.25) is 11.8 Å². The standard InChI is InChI=1S/C17H20N2O6S/c1-2-23-17(22)11-9-26-14(16(21)19-11)8-15(20)18-10-3-4-12-13(7-10)25-6-5-24-12/h3-4,7,11,14H,2,5-6,8-9H2,1H3,(H,18,20)(H,19,21)/t11-,14-/m1/s1. The molecule has 2 aliphatic heterocycles. The Morgan fingerprint density at radius 1 is 1.31 bits per heavy atom. The first-order valence-electron chi connectivity index (χ1n) is 8.35. The third-order valence-corrected chi connectivity index (χ3v) is 5.15. The highest BCUT2D eigenvalue weighted by Gasteiger charge is 2.34. The molecule has 140 valence electrons. The monoisotopic (exact) mass is 380 g/mol. The summed E-state index contributed by atoms with van der Waals surface area (Å²) >= 11 is 1.28. The highest BCUT2D eigenvalue weighted by Crippen LogP contribution is 2.32. The zero-order chi connectivity index (χ0) is 18.5. The van der Waals surface area contributed by atoms with Crippen LogP contribution in [0.2, 0.25) is 0 Å². The number of rotatable bonds is 5. The second kappa shape index (κ2) is 8.31. The van der Waals surface area contributed by atoms with Crippen molar-refractivity contribution in [2.45, 2.75) is 24.6 Å². The predicted octanol–water partition coefficient (Wildman–Crippen LogP) is 0.950. The normalized spacial score (nSPS) is 21.5. The summed E-state index contributed by atoms with van der Waals surface area (Å²) in [5.41, 5.74) is 0.574. The Labute approximate surface area is 154 Å². The number of ether oxygens (including phenoxy) is 3. The van der Waals surface area contributed by atoms with Crippen molar-refractivity contribution in [2.24, 2.45) is 0 Å². The van der Waals surface area contributed by atoms with E-state index in [9.17, 15) is 14.4 Å². The molecule has 3 rings (SSSR count). The van der Waals surface area contributed by atoms with Crippen LogP contribution in [0.4, 0.5) is 5.69 Å². The minimum atomic E-state index is -0.662. The summed E-state index contributed by atoms with van der Waals surface area (Å²) in [5.74, 6) is 0.526. The number of hydrogen-bond donors (Lipinski definition) is 2. The Bertz CT molecular complexity index is 710. The average Bonchev–Trinajstić information content (AvgIpc) is 2.63. The minimum Gasteiger partial charge on any atom is -0.486 e. The number of benzene rings is 1. The molecule has 1 aromatic carbocycles. The molecule has 0 aromatic heterocycles. The molecule has 8 nitrogen and oxygen atoms in total. The van der Waals surface area contributed by atoms with E-state index in [2.05, 4.69) is 10.6 Å². The molecule has 0 radical (unpaired) electrons. The molecule has 0 spiro atoms. The average molecular weight is 380 g/mol. The molecule has 0 unspecified atom stereocenters. The van der Waals surface area contributed by atoms with Gasteiger partial charge in [-0.3, -0.25) is 9.59 Å². The minimum absolute atomic E-state index is 0.0144. The molecule has 1 fully saturated rings. The molecule has 0 aliphatic carbocycles. The lowest BCUT2D eigenvalue weighted by atomic mass is 10.2. The molecular formula is C17H20N2O6S. The number of carbonyl (C=O) groups is 3. The van der Waals surface area contributed by atoms with Crippen molar-refractivity contribution < 1.29 is 28.6 Å². The van der Waals surface area contributed by atoms with E-state index in [1.165, 1.54) is 11.8 Å². The first-order chi connectivity index (χ1) is 12.6. The number of thioether (sulfide) groups is 1. The van der Waals surface area contributed by atoms with Crippen molar-refractivity contribution in [3.05, 3.63) is 18.2 Å². The van der Waals surface area contributed by atoms with Gasteiger partial charge in [0, 0.05) is 23.9 Å². The van der Waals surface area contributed by atoms with Crippen LogP contribution in [-0.2, 0) is 19.1 Å². The SMILES string of the molecule is CCOC(=O)[C@H]1CS[C@H](CC(=O)Nc2ccc3c(c2)OCCO3)C(=O)N1. The number of amides is 2. The maximum absolute atomic E-state index is 12.2. The number of hydrogen-bond acceptors (Lipinski definition) is 7. The fourth-order valence-electron chi connectivity index (χ4n) is 2.62. The van der Waals surface area contributed by atoms with Crippen LogP contribution in [0.25, 0.3) is 0 Å². The van der Waals surface area contributed by atoms with Gasteiger partial charge in [0.25, 0.3) is 0 Å². The van der Waals surface area contributed by atoms with E-state index < -0.39 is 17.3 Å². The molecule has 2 heterocycles. The highest BCUT2D eigenvalue weighted by atomic mass is 32.2. The van der Waals surface area contributed by atoms with Crippen LogP contribution in [0.5, 0.6) is 11.5 Å². The smallest absolute Gasteiger partial charge is 0.329 e. The van der Waals surface area contributed by atoms with Gasteiger partial charge < -0.3 is 24.8 Å². The van der Waals surface area contributed by atoms with Gasteiger partial charge in [0.1, 0.15) is 19.3 Å². The van der Waals surface area contributed by atoms with E-state index in [1.54, 1.807) is 25.1 Å². The topological polar surface area (TPSA) is 103 Å². The van der Waals surface area contributed by atoms with E-state index >= 15 is 0 Å². The summed E-state index contributed by atoms with van der Waals surface area (Å²) in [7, 11) is 0. The van der Waals surface area contributed by atoms with Gasteiger partial charge in [-0.25, -0.2) is 4.79 Å². The Morgan fingerprint density at radius 3 is 2.81 bits per heavy atom. The van der Waals surface area contributed by atoms with Gasteiger partial charge in [0.15, 0.2) is 11.5 Å². The van der Waals surface area contributed by atoms with Crippen molar-refractivity contribution in [1.29, 1.82) is 0 Å². The second-order valence-corrected chi connectivity index (χ2v) is 6.98. The van der Waals surface area contributed by atoms with Crippen molar-refractivity contribution >= 4 is 35.2 Å². The van der Waals surface area contributed by atoms with Gasteiger partial charge in [-0.2, -0.15) is 0 Å². The third kappa shape index (κ3) is 4.40. The highest BCUT2D eigenvalue weighted by molar-refractivity contribution is 8.00. The fraction of sp³-hybridized carbons (Fsp3) is 0.471. The molecule has 0 saturated carbocycles. The molecular weight excluding hydrogens is 360 g/mol. The Hall–Kier alpha value is -2.42. The predicted molar refractivity (Wildman–Crippen MR) is 95.5 cm³/mol. The van der Waals surface area contributed by atoms with Crippen LogP contribution in [0.3, 0.4) is 0 Å². The van der Waals surface area contributed by atoms with Crippen LogP contribution in [0, 0.1) is 0 Å². The molecule has 2 aliphatic rings. The second-order valence-electron chi connectivity index (χ2n) is 5.75. The lowest BCUT2D eigenvalue weighted by Crippen LogP contribution is -2.51. The van der Waals surface area contributed by atoms with E-state index in [4.69, 9.17) is 14.2 Å². The van der Waals surface area contributed by atoms with Gasteiger partial charge in [-0.15, -0.1) is 11.8 Å². The molecule has 2 atom stereocenters. The van der Waals surface area contributed by atoms with Crippen LogP contribution < -0.4 is 20.1 Å². The molecule has 1 saturated heterocycles. The van der Waals surface area contributed by atoms with Gasteiger partial charge in [-0.1, -0.05) is 0 Å². The summed E-state index contributed by atoms with van der Waals surface area (Å²) in [6.07, 6.45) is 0.0144. The summed E-state index contributed by atoms with van der Waals surface area (Å²) in [5, 5.41) is 4.82. The van der Waals surface area contributed by atoms with E-state index in [0.29, 0.717) is 36.2 Å². The fourth-order valence-corrected chi connectivity index (χ4v) is 3.75. The lowest BCUT2D eigenvalue weighted by molar-refractivity contribution is -0.146. The van der Waals surface area contributed by atoms with Crippen molar-refractivity contribution in [3.63, 3.8) is 0 Å². The first-order valence-corrected chi connectivity index (χ1v) is 9.40. The van der Waals surface area contributed by atoms with Crippen molar-refractivity contribution in [1.82, 2.24) is 5.32 Å². The molecule has 2 N–H and O–H groups in total. The quantitative estimate of drug-likeness (QED) is 0.733. The van der Waals surface area contributed by atoms with Gasteiger partial charge in [-0.05, 0) is 19.1 Å². The van der Waals surface area contributed by atoms with Crippen molar-refractivity contribution in [2.75, 3.05) is 30.9 Å². The summed E-state index contributed by atoms with van der Waals surface area (Å²) in [6.45, 7) is 2.93. The molecule has 1 aromatic rings. The van der Waals surface area contributed by atoms with E-state index in [0.717, 1.165) is 0 Å². The first kappa shape index (κ1) is 18.4. The van der Waals surface area contributed by atoms with Gasteiger partial charge in [0.05, 0.1) is 11.9 Å². The Morgan fingerprint density at radius 2 is 2.08 bits per heavy atom. The van der Waals surface area contributed by atoms with Crippen molar-refractivity contribution in [3.8, 4) is 11.5 Å². The van der Waals surface area contributed by atoms with Gasteiger partial charge >= 0.3 is 5.97 Å². The maximum Gasteiger partial charge on any atom is 0.329 e. The largest absolute Gasteiger partial charge is 0.486 e. The van der Waals surface area contributed by atoms with E-state index in [1.807, 2.05) is 0 Å². The van der Waals surface area contributed by atoms with Crippen LogP contribution in [-0.4, -0.2) is 54.6 Å². The molecule has 9 heteroatoms. The zero-order valence-corrected chi connectivity index (χ0v) is 15.1. The number of esters is 1. The summed E-state index contributed by atoms with van der Waals surface area (Å²) in [4.78, 5) is 36.1. The third-order valence-electron chi connectivity index (χ3n) is 3.84.